The van der Waals surface area contributed by atoms with Gasteiger partial charge in [-0.2, -0.15) is 0 Å². The van der Waals surface area contributed by atoms with Crippen LogP contribution in [0.3, 0.4) is 0 Å². The van der Waals surface area contributed by atoms with Crippen molar-refractivity contribution in [2.24, 2.45) is 0 Å². The van der Waals surface area contributed by atoms with Crippen LogP contribution >= 0.6 is 0 Å². The van der Waals surface area contributed by atoms with Gasteiger partial charge in [0.1, 0.15) is 6.10 Å². The number of nitrogens with zero attached hydrogens (tertiary/aromatic N) is 1. The first kappa shape index (κ1) is 18.0. The summed E-state index contributed by atoms with van der Waals surface area (Å²) in [7, 11) is 1.53. The van der Waals surface area contributed by atoms with E-state index in [-0.39, 0.29) is 6.04 Å². The number of aliphatic hydroxyl groups is 1. The van der Waals surface area contributed by atoms with Gasteiger partial charge in [-0.1, -0.05) is 73.0 Å². The van der Waals surface area contributed by atoms with Crippen LogP contribution in [0.4, 0.5) is 0 Å². The van der Waals surface area contributed by atoms with Gasteiger partial charge in [-0.3, -0.25) is 4.90 Å². The molecule has 126 valence electrons. The van der Waals surface area contributed by atoms with Gasteiger partial charge in [0.05, 0.1) is 7.11 Å². The summed E-state index contributed by atoms with van der Waals surface area (Å²) in [6.07, 6.45) is -0.778. The van der Waals surface area contributed by atoms with Crippen LogP contribution < -0.4 is 0 Å². The summed E-state index contributed by atoms with van der Waals surface area (Å²) < 4.78 is 5.20. The lowest BCUT2D eigenvalue weighted by atomic mass is 10.1. The van der Waals surface area contributed by atoms with Crippen LogP contribution in [0, 0.1) is 0 Å². The molecule has 0 bridgehead atoms. The van der Waals surface area contributed by atoms with Crippen molar-refractivity contribution in [2.75, 3.05) is 7.11 Å². The number of aliphatic hydroxyl groups excluding tert-OH is 1. The minimum Gasteiger partial charge on any atom is -0.490 e. The summed E-state index contributed by atoms with van der Waals surface area (Å²) >= 11 is 0. The topological polar surface area (TPSA) is 32.7 Å². The van der Waals surface area contributed by atoms with Crippen LogP contribution in [0.25, 0.3) is 0 Å². The van der Waals surface area contributed by atoms with Gasteiger partial charge in [0.15, 0.2) is 5.76 Å². The van der Waals surface area contributed by atoms with E-state index in [1.54, 1.807) is 0 Å². The molecule has 0 aliphatic carbocycles. The highest BCUT2D eigenvalue weighted by atomic mass is 16.5. The third kappa shape index (κ3) is 4.84. The Labute approximate surface area is 144 Å². The van der Waals surface area contributed by atoms with Gasteiger partial charge >= 0.3 is 0 Å². The molecule has 3 nitrogen and oxygen atoms in total. The molecule has 2 atom stereocenters. The summed E-state index contributed by atoms with van der Waals surface area (Å²) in [6.45, 7) is 7.07. The Bertz CT molecular complexity index is 621. The van der Waals surface area contributed by atoms with Gasteiger partial charge in [0.25, 0.3) is 0 Å². The van der Waals surface area contributed by atoms with Crippen molar-refractivity contribution in [3.05, 3.63) is 89.9 Å². The monoisotopic (exact) mass is 323 g/mol. The molecule has 0 aromatic heterocycles. The molecule has 2 aromatic rings. The molecule has 0 saturated carbocycles. The van der Waals surface area contributed by atoms with Crippen LogP contribution in [-0.4, -0.2) is 29.3 Å². The van der Waals surface area contributed by atoms with Crippen LogP contribution in [-0.2, 0) is 17.8 Å². The average molecular weight is 323 g/mol. The standard InChI is InChI=1S/C21H25NO2/c1-4-20(24-3)21(23)17(2)22(15-18-11-7-5-8-12-18)16-19-13-9-6-10-14-19/h5-14,17,21,23H,1,15-16H2,2-3H3/t17-,21-/m0/s1. The van der Waals surface area contributed by atoms with Crippen LogP contribution in [0.15, 0.2) is 78.7 Å². The van der Waals surface area contributed by atoms with E-state index in [1.165, 1.54) is 18.2 Å². The molecule has 0 saturated heterocycles. The van der Waals surface area contributed by atoms with Crippen molar-refractivity contribution in [2.45, 2.75) is 32.2 Å². The molecule has 0 fully saturated rings. The van der Waals surface area contributed by atoms with Gasteiger partial charge in [-0.25, -0.2) is 0 Å². The first-order valence-corrected chi connectivity index (χ1v) is 8.09. The molecule has 0 aliphatic rings. The number of hydrogen-bond donors (Lipinski definition) is 1. The van der Waals surface area contributed by atoms with Gasteiger partial charge in [0, 0.05) is 19.1 Å². The molecule has 2 aromatic carbocycles. The van der Waals surface area contributed by atoms with Crippen molar-refractivity contribution in [1.29, 1.82) is 0 Å². The molecule has 0 amide bonds. The van der Waals surface area contributed by atoms with Gasteiger partial charge < -0.3 is 9.84 Å². The van der Waals surface area contributed by atoms with Crippen LogP contribution in [0.2, 0.25) is 0 Å². The summed E-state index contributed by atoms with van der Waals surface area (Å²) in [6, 6.07) is 20.4. The summed E-state index contributed by atoms with van der Waals surface area (Å²) in [5.74, 6) is 0.369. The third-order valence-electron chi connectivity index (χ3n) is 4.15. The molecule has 2 rings (SSSR count). The zero-order chi connectivity index (χ0) is 17.4. The molecular formula is C21H25NO2. The lowest BCUT2D eigenvalue weighted by Crippen LogP contribution is -2.41. The molecule has 24 heavy (non-hydrogen) atoms. The minimum atomic E-state index is -0.778. The maximum absolute atomic E-state index is 10.6. The molecule has 0 spiro atoms. The predicted octanol–water partition coefficient (Wildman–Crippen LogP) is 3.75. The molecule has 0 radical (unpaired) electrons. The number of ether oxygens (including phenoxy) is 1. The van der Waals surface area contributed by atoms with Crippen molar-refractivity contribution >= 4 is 0 Å². The SMILES string of the molecule is C=C=C(OC)[C@@H](O)[C@H](C)N(Cc1ccccc1)Cc1ccccc1. The Morgan fingerprint density at radius 1 is 1.04 bits per heavy atom. The van der Waals surface area contributed by atoms with E-state index in [1.807, 2.05) is 43.3 Å². The van der Waals surface area contributed by atoms with Crippen molar-refractivity contribution in [3.63, 3.8) is 0 Å². The van der Waals surface area contributed by atoms with E-state index in [2.05, 4.69) is 41.5 Å². The van der Waals surface area contributed by atoms with Crippen LogP contribution in [0.1, 0.15) is 18.1 Å². The molecule has 0 aliphatic heterocycles. The number of benzene rings is 2. The zero-order valence-corrected chi connectivity index (χ0v) is 14.4. The maximum Gasteiger partial charge on any atom is 0.167 e. The van der Waals surface area contributed by atoms with E-state index >= 15 is 0 Å². The third-order valence-corrected chi connectivity index (χ3v) is 4.15. The molecular weight excluding hydrogens is 298 g/mol. The van der Waals surface area contributed by atoms with Crippen molar-refractivity contribution < 1.29 is 9.84 Å². The van der Waals surface area contributed by atoms with Crippen LogP contribution in [0.5, 0.6) is 0 Å². The number of rotatable bonds is 8. The van der Waals surface area contributed by atoms with E-state index < -0.39 is 6.10 Å². The second kappa shape index (κ2) is 9.09. The molecule has 3 heteroatoms. The average Bonchev–Trinajstić information content (AvgIpc) is 2.63. The highest BCUT2D eigenvalue weighted by Gasteiger charge is 2.25. The molecule has 0 heterocycles. The fourth-order valence-electron chi connectivity index (χ4n) is 2.70. The Morgan fingerprint density at radius 3 is 1.88 bits per heavy atom. The van der Waals surface area contributed by atoms with Crippen molar-refractivity contribution in [1.82, 2.24) is 4.90 Å². The zero-order valence-electron chi connectivity index (χ0n) is 14.4. The summed E-state index contributed by atoms with van der Waals surface area (Å²) in [5, 5.41) is 10.6. The number of methoxy groups -OCH3 is 1. The van der Waals surface area contributed by atoms with Crippen molar-refractivity contribution in [3.8, 4) is 0 Å². The molecule has 1 N–H and O–H groups in total. The second-order valence-electron chi connectivity index (χ2n) is 5.81. The number of hydrogen-bond acceptors (Lipinski definition) is 3. The Kier molecular flexibility index (Phi) is 6.83. The highest BCUT2D eigenvalue weighted by Crippen LogP contribution is 2.18. The minimum absolute atomic E-state index is 0.144. The van der Waals surface area contributed by atoms with E-state index in [0.29, 0.717) is 5.76 Å². The fourth-order valence-corrected chi connectivity index (χ4v) is 2.70. The second-order valence-corrected chi connectivity index (χ2v) is 5.81. The maximum atomic E-state index is 10.6. The summed E-state index contributed by atoms with van der Waals surface area (Å²) in [5.41, 5.74) is 5.09. The van der Waals surface area contributed by atoms with E-state index in [0.717, 1.165) is 13.1 Å². The predicted molar refractivity (Wildman–Crippen MR) is 97.3 cm³/mol. The van der Waals surface area contributed by atoms with Gasteiger partial charge in [-0.15, -0.1) is 0 Å². The molecule has 0 unspecified atom stereocenters. The fraction of sp³-hybridized carbons (Fsp3) is 0.286. The quantitative estimate of drug-likeness (QED) is 0.593. The lowest BCUT2D eigenvalue weighted by Gasteiger charge is -2.32. The van der Waals surface area contributed by atoms with Gasteiger partial charge in [-0.05, 0) is 18.1 Å². The first-order valence-electron chi connectivity index (χ1n) is 8.09. The largest absolute Gasteiger partial charge is 0.490 e. The van der Waals surface area contributed by atoms with E-state index in [4.69, 9.17) is 4.74 Å². The first-order chi connectivity index (χ1) is 11.7. The normalized spacial score (nSPS) is 13.2. The van der Waals surface area contributed by atoms with E-state index in [9.17, 15) is 5.11 Å². The summed E-state index contributed by atoms with van der Waals surface area (Å²) in [4.78, 5) is 2.23. The highest BCUT2D eigenvalue weighted by molar-refractivity contribution is 5.18. The Morgan fingerprint density at radius 2 is 1.50 bits per heavy atom. The Hall–Kier alpha value is -2.32. The Balaban J connectivity index is 2.22. The smallest absolute Gasteiger partial charge is 0.167 e. The van der Waals surface area contributed by atoms with Gasteiger partial charge in [0.2, 0.25) is 0 Å². The lowest BCUT2D eigenvalue weighted by molar-refractivity contribution is 0.0371.